The molecular formula is C10H18N2. The number of aromatic nitrogens is 1. The molecule has 0 aliphatic rings. The second-order valence-electron chi connectivity index (χ2n) is 3.75. The van der Waals surface area contributed by atoms with E-state index in [2.05, 4.69) is 26.2 Å². The van der Waals surface area contributed by atoms with E-state index < -0.39 is 0 Å². The zero-order valence-corrected chi connectivity index (χ0v) is 8.12. The molecule has 0 saturated carbocycles. The van der Waals surface area contributed by atoms with Crippen molar-refractivity contribution in [3.63, 3.8) is 0 Å². The number of nitrogens with one attached hydrogen (secondary N) is 1. The minimum Gasteiger partial charge on any atom is -0.324 e. The number of hydrogen-bond donors (Lipinski definition) is 1. The third-order valence-electron chi connectivity index (χ3n) is 1.80. The van der Waals surface area contributed by atoms with Gasteiger partial charge >= 0.3 is 0 Å². The summed E-state index contributed by atoms with van der Waals surface area (Å²) in [6, 6.07) is 4.59. The molecule has 12 heavy (non-hydrogen) atoms. The van der Waals surface area contributed by atoms with Crippen molar-refractivity contribution in [1.82, 2.24) is 4.68 Å². The summed E-state index contributed by atoms with van der Waals surface area (Å²) >= 11 is 0. The summed E-state index contributed by atoms with van der Waals surface area (Å²) in [6.45, 7) is 6.70. The Bertz CT molecular complexity index is 202. The first-order chi connectivity index (χ1) is 5.68. The van der Waals surface area contributed by atoms with Crippen molar-refractivity contribution in [1.29, 1.82) is 0 Å². The smallest absolute Gasteiger partial charge is 0.0398 e. The standard InChI is InChI=1S/C10H18N2/c1-9(2)8-10(3)11-12-6-4-5-7-12/h4-7,9-11H,8H2,1-3H3. The molecule has 0 bridgehead atoms. The second-order valence-corrected chi connectivity index (χ2v) is 3.75. The van der Waals surface area contributed by atoms with E-state index in [4.69, 9.17) is 0 Å². The molecule has 68 valence electrons. The summed E-state index contributed by atoms with van der Waals surface area (Å²) in [5.41, 5.74) is 3.37. The zero-order valence-electron chi connectivity index (χ0n) is 8.12. The van der Waals surface area contributed by atoms with Crippen LogP contribution in [0.1, 0.15) is 27.2 Å². The number of rotatable bonds is 4. The van der Waals surface area contributed by atoms with Gasteiger partial charge in [-0.15, -0.1) is 0 Å². The largest absolute Gasteiger partial charge is 0.324 e. The predicted octanol–water partition coefficient (Wildman–Crippen LogP) is 2.47. The molecule has 0 spiro atoms. The van der Waals surface area contributed by atoms with Crippen molar-refractivity contribution in [2.45, 2.75) is 33.2 Å². The van der Waals surface area contributed by atoms with Crippen molar-refractivity contribution < 1.29 is 0 Å². The van der Waals surface area contributed by atoms with Crippen molar-refractivity contribution >= 4 is 0 Å². The maximum absolute atomic E-state index is 3.37. The van der Waals surface area contributed by atoms with E-state index in [0.29, 0.717) is 6.04 Å². The molecule has 0 aromatic carbocycles. The minimum absolute atomic E-state index is 0.539. The van der Waals surface area contributed by atoms with Crippen LogP contribution in [0.3, 0.4) is 0 Å². The monoisotopic (exact) mass is 166 g/mol. The summed E-state index contributed by atoms with van der Waals surface area (Å²) in [7, 11) is 0. The molecule has 0 aliphatic carbocycles. The van der Waals surface area contributed by atoms with E-state index in [1.807, 2.05) is 29.2 Å². The Morgan fingerprint density at radius 2 is 1.75 bits per heavy atom. The molecular weight excluding hydrogens is 148 g/mol. The topological polar surface area (TPSA) is 17.0 Å². The first kappa shape index (κ1) is 9.17. The molecule has 1 heterocycles. The Balaban J connectivity index is 2.32. The average Bonchev–Trinajstić information content (AvgIpc) is 2.37. The van der Waals surface area contributed by atoms with Crippen molar-refractivity contribution in [3.05, 3.63) is 24.5 Å². The van der Waals surface area contributed by atoms with E-state index in [9.17, 15) is 0 Å². The van der Waals surface area contributed by atoms with Gasteiger partial charge < -0.3 is 5.43 Å². The fourth-order valence-electron chi connectivity index (χ4n) is 1.43. The third-order valence-corrected chi connectivity index (χ3v) is 1.80. The van der Waals surface area contributed by atoms with Crippen LogP contribution in [-0.2, 0) is 0 Å². The van der Waals surface area contributed by atoms with Crippen LogP contribution >= 0.6 is 0 Å². The Kier molecular flexibility index (Phi) is 3.20. The molecule has 0 aliphatic heterocycles. The lowest BCUT2D eigenvalue weighted by Crippen LogP contribution is -2.25. The highest BCUT2D eigenvalue weighted by molar-refractivity contribution is 4.94. The predicted molar refractivity (Wildman–Crippen MR) is 52.7 cm³/mol. The minimum atomic E-state index is 0.539. The lowest BCUT2D eigenvalue weighted by Gasteiger charge is -2.17. The molecule has 2 heteroatoms. The molecule has 1 unspecified atom stereocenters. The molecule has 1 aromatic rings. The van der Waals surface area contributed by atoms with Gasteiger partial charge in [0.1, 0.15) is 0 Å². The highest BCUT2D eigenvalue weighted by Crippen LogP contribution is 2.04. The van der Waals surface area contributed by atoms with Crippen LogP contribution in [0.5, 0.6) is 0 Å². The van der Waals surface area contributed by atoms with E-state index >= 15 is 0 Å². The van der Waals surface area contributed by atoms with Crippen LogP contribution in [0.25, 0.3) is 0 Å². The van der Waals surface area contributed by atoms with E-state index in [1.54, 1.807) is 0 Å². The molecule has 1 N–H and O–H groups in total. The van der Waals surface area contributed by atoms with E-state index in [1.165, 1.54) is 6.42 Å². The molecule has 1 aromatic heterocycles. The van der Waals surface area contributed by atoms with Crippen LogP contribution in [0.4, 0.5) is 0 Å². The van der Waals surface area contributed by atoms with Crippen LogP contribution in [0.15, 0.2) is 24.5 Å². The maximum atomic E-state index is 3.37. The fraction of sp³-hybridized carbons (Fsp3) is 0.600. The van der Waals surface area contributed by atoms with Crippen LogP contribution < -0.4 is 5.43 Å². The van der Waals surface area contributed by atoms with Gasteiger partial charge in [0, 0.05) is 18.4 Å². The van der Waals surface area contributed by atoms with Crippen LogP contribution in [0, 0.1) is 5.92 Å². The number of hydrogen-bond acceptors (Lipinski definition) is 1. The van der Waals surface area contributed by atoms with Gasteiger partial charge in [-0.25, -0.2) is 0 Å². The first-order valence-corrected chi connectivity index (χ1v) is 4.58. The Labute approximate surface area is 74.6 Å². The summed E-state index contributed by atoms with van der Waals surface area (Å²) in [5.74, 6) is 0.753. The van der Waals surface area contributed by atoms with Gasteiger partial charge in [-0.1, -0.05) is 13.8 Å². The van der Waals surface area contributed by atoms with Gasteiger partial charge in [-0.3, -0.25) is 4.68 Å². The molecule has 1 atom stereocenters. The fourth-order valence-corrected chi connectivity index (χ4v) is 1.43. The van der Waals surface area contributed by atoms with E-state index in [0.717, 1.165) is 5.92 Å². The molecule has 0 amide bonds. The molecule has 2 nitrogen and oxygen atoms in total. The third kappa shape index (κ3) is 2.99. The number of nitrogens with zero attached hydrogens (tertiary/aromatic N) is 1. The Hall–Kier alpha value is -0.920. The quantitative estimate of drug-likeness (QED) is 0.727. The highest BCUT2D eigenvalue weighted by Gasteiger charge is 2.02. The first-order valence-electron chi connectivity index (χ1n) is 4.58. The van der Waals surface area contributed by atoms with Crippen molar-refractivity contribution in [2.24, 2.45) is 5.92 Å². The lowest BCUT2D eigenvalue weighted by atomic mass is 10.1. The van der Waals surface area contributed by atoms with Gasteiger partial charge in [-0.05, 0) is 31.4 Å². The van der Waals surface area contributed by atoms with Crippen molar-refractivity contribution in [2.75, 3.05) is 5.43 Å². The molecule has 0 saturated heterocycles. The highest BCUT2D eigenvalue weighted by atomic mass is 15.4. The normalized spacial score (nSPS) is 13.3. The van der Waals surface area contributed by atoms with Gasteiger partial charge in [0.05, 0.1) is 0 Å². The van der Waals surface area contributed by atoms with Gasteiger partial charge in [-0.2, -0.15) is 0 Å². The molecule has 0 fully saturated rings. The summed E-state index contributed by atoms with van der Waals surface area (Å²) in [6.07, 6.45) is 5.26. The lowest BCUT2D eigenvalue weighted by molar-refractivity contribution is 0.513. The Morgan fingerprint density at radius 1 is 1.17 bits per heavy atom. The van der Waals surface area contributed by atoms with E-state index in [-0.39, 0.29) is 0 Å². The van der Waals surface area contributed by atoms with Crippen molar-refractivity contribution in [3.8, 4) is 0 Å². The summed E-state index contributed by atoms with van der Waals surface area (Å²) in [4.78, 5) is 0. The zero-order chi connectivity index (χ0) is 8.97. The van der Waals surface area contributed by atoms with Gasteiger partial charge in [0.25, 0.3) is 0 Å². The summed E-state index contributed by atoms with van der Waals surface area (Å²) in [5, 5.41) is 0. The van der Waals surface area contributed by atoms with Crippen LogP contribution in [0.2, 0.25) is 0 Å². The maximum Gasteiger partial charge on any atom is 0.0398 e. The average molecular weight is 166 g/mol. The van der Waals surface area contributed by atoms with Crippen LogP contribution in [-0.4, -0.2) is 10.7 Å². The summed E-state index contributed by atoms with van der Waals surface area (Å²) < 4.78 is 2.01. The van der Waals surface area contributed by atoms with Gasteiger partial charge in [0.15, 0.2) is 0 Å². The molecule has 0 radical (unpaired) electrons. The molecule has 1 rings (SSSR count). The van der Waals surface area contributed by atoms with Gasteiger partial charge in [0.2, 0.25) is 0 Å². The Morgan fingerprint density at radius 3 is 2.25 bits per heavy atom. The SMILES string of the molecule is CC(C)CC(C)Nn1cccc1. The second kappa shape index (κ2) is 4.19.